The monoisotopic (exact) mass is 351 g/mol. The molecule has 0 aromatic heterocycles. The summed E-state index contributed by atoms with van der Waals surface area (Å²) in [7, 11) is -1.16. The predicted molar refractivity (Wildman–Crippen MR) is 88.1 cm³/mol. The molecule has 1 amide bonds. The van der Waals surface area contributed by atoms with Gasteiger partial charge in [0.2, 0.25) is 5.91 Å². The van der Waals surface area contributed by atoms with Gasteiger partial charge in [0.15, 0.2) is 11.5 Å². The first-order valence-corrected chi connectivity index (χ1v) is 8.30. The van der Waals surface area contributed by atoms with Crippen molar-refractivity contribution in [3.8, 4) is 17.2 Å². The van der Waals surface area contributed by atoms with Crippen molar-refractivity contribution in [1.82, 2.24) is 0 Å². The molecular weight excluding hydrogens is 334 g/mol. The molecule has 0 atom stereocenters. The molecular formula is C16H17NO6S. The molecule has 0 aliphatic heterocycles. The minimum atomic E-state index is -4.03. The maximum Gasteiger partial charge on any atom is 0.339 e. The van der Waals surface area contributed by atoms with Crippen LogP contribution in [0.4, 0.5) is 5.69 Å². The Kier molecular flexibility index (Phi) is 5.30. The van der Waals surface area contributed by atoms with Crippen LogP contribution in [-0.4, -0.2) is 28.5 Å². The van der Waals surface area contributed by atoms with Crippen molar-refractivity contribution in [2.75, 3.05) is 19.5 Å². The normalized spacial score (nSPS) is 10.8. The van der Waals surface area contributed by atoms with Gasteiger partial charge in [-0.1, -0.05) is 0 Å². The largest absolute Gasteiger partial charge is 0.493 e. The Labute approximate surface area is 140 Å². The average molecular weight is 351 g/mol. The van der Waals surface area contributed by atoms with Crippen LogP contribution in [0, 0.1) is 0 Å². The number of rotatable bonds is 6. The van der Waals surface area contributed by atoms with Gasteiger partial charge in [0, 0.05) is 18.7 Å². The van der Waals surface area contributed by atoms with Crippen molar-refractivity contribution in [3.63, 3.8) is 0 Å². The quantitative estimate of drug-likeness (QED) is 0.804. The zero-order chi connectivity index (χ0) is 17.7. The van der Waals surface area contributed by atoms with Crippen LogP contribution in [0.15, 0.2) is 47.4 Å². The van der Waals surface area contributed by atoms with Gasteiger partial charge in [-0.15, -0.1) is 0 Å². The molecule has 24 heavy (non-hydrogen) atoms. The summed E-state index contributed by atoms with van der Waals surface area (Å²) in [6, 6.07) is 10.1. The number of carbonyl (C=O) groups is 1. The average Bonchev–Trinajstić information content (AvgIpc) is 2.55. The molecule has 1 N–H and O–H groups in total. The summed E-state index contributed by atoms with van der Waals surface area (Å²) in [6.45, 7) is 1.38. The van der Waals surface area contributed by atoms with Crippen LogP contribution in [0.5, 0.6) is 17.2 Å². The number of methoxy groups -OCH3 is 2. The van der Waals surface area contributed by atoms with E-state index in [0.29, 0.717) is 11.4 Å². The van der Waals surface area contributed by atoms with Gasteiger partial charge in [-0.3, -0.25) is 4.79 Å². The van der Waals surface area contributed by atoms with E-state index in [9.17, 15) is 13.2 Å². The molecule has 0 unspecified atom stereocenters. The second kappa shape index (κ2) is 7.22. The first kappa shape index (κ1) is 17.6. The second-order valence-corrected chi connectivity index (χ2v) is 6.31. The summed E-state index contributed by atoms with van der Waals surface area (Å²) in [5, 5.41) is 2.58. The Hall–Kier alpha value is -2.74. The topological polar surface area (TPSA) is 90.9 Å². The second-order valence-electron chi connectivity index (χ2n) is 4.76. The molecule has 0 fully saturated rings. The fraction of sp³-hybridized carbons (Fsp3) is 0.188. The molecule has 2 rings (SSSR count). The number of hydrogen-bond donors (Lipinski definition) is 1. The van der Waals surface area contributed by atoms with Crippen LogP contribution in [0.2, 0.25) is 0 Å². The number of nitrogens with one attached hydrogen (secondary N) is 1. The lowest BCUT2D eigenvalue weighted by Crippen LogP contribution is -2.10. The third kappa shape index (κ3) is 4.17. The first-order valence-electron chi connectivity index (χ1n) is 6.90. The molecule has 0 saturated heterocycles. The van der Waals surface area contributed by atoms with E-state index in [1.165, 1.54) is 51.5 Å². The third-order valence-electron chi connectivity index (χ3n) is 3.02. The number of carbonyl (C=O) groups excluding carboxylic acids is 1. The lowest BCUT2D eigenvalue weighted by Gasteiger charge is -2.11. The highest BCUT2D eigenvalue weighted by Crippen LogP contribution is 2.30. The standard InChI is InChI=1S/C16H17NO6S/c1-11(18)17-12-4-6-13(7-5-12)23-24(19,20)14-8-9-15(21-2)16(10-14)22-3/h4-10H,1-3H3,(H,17,18). The Balaban J connectivity index is 2.23. The van der Waals surface area contributed by atoms with Crippen LogP contribution in [0.1, 0.15) is 6.92 Å². The van der Waals surface area contributed by atoms with Crippen LogP contribution in [0.3, 0.4) is 0 Å². The summed E-state index contributed by atoms with van der Waals surface area (Å²) in [5.74, 6) is 0.597. The third-order valence-corrected chi connectivity index (χ3v) is 4.27. The van der Waals surface area contributed by atoms with Gasteiger partial charge >= 0.3 is 10.1 Å². The number of benzene rings is 2. The Bertz CT molecular complexity index is 830. The minimum Gasteiger partial charge on any atom is -0.493 e. The maximum atomic E-state index is 12.3. The summed E-state index contributed by atoms with van der Waals surface area (Å²) in [5.41, 5.74) is 0.540. The van der Waals surface area contributed by atoms with Crippen LogP contribution in [0.25, 0.3) is 0 Å². The lowest BCUT2D eigenvalue weighted by molar-refractivity contribution is -0.114. The molecule has 0 spiro atoms. The summed E-state index contributed by atoms with van der Waals surface area (Å²) < 4.78 is 39.9. The van der Waals surface area contributed by atoms with Crippen molar-refractivity contribution in [2.24, 2.45) is 0 Å². The van der Waals surface area contributed by atoms with Crippen LogP contribution < -0.4 is 19.0 Å². The van der Waals surface area contributed by atoms with Crippen molar-refractivity contribution < 1.29 is 26.9 Å². The molecule has 0 radical (unpaired) electrons. The van der Waals surface area contributed by atoms with Crippen LogP contribution in [-0.2, 0) is 14.9 Å². The molecule has 0 heterocycles. The maximum absolute atomic E-state index is 12.3. The number of amides is 1. The van der Waals surface area contributed by atoms with Gasteiger partial charge in [0.05, 0.1) is 14.2 Å². The molecule has 0 aliphatic rings. The van der Waals surface area contributed by atoms with E-state index < -0.39 is 10.1 Å². The highest BCUT2D eigenvalue weighted by molar-refractivity contribution is 7.87. The van der Waals surface area contributed by atoms with Gasteiger partial charge < -0.3 is 19.0 Å². The van der Waals surface area contributed by atoms with Gasteiger partial charge in [-0.25, -0.2) is 0 Å². The molecule has 128 valence electrons. The van der Waals surface area contributed by atoms with Gasteiger partial charge in [-0.05, 0) is 36.4 Å². The van der Waals surface area contributed by atoms with Crippen LogP contribution >= 0.6 is 0 Å². The lowest BCUT2D eigenvalue weighted by atomic mass is 10.3. The van der Waals surface area contributed by atoms with E-state index in [1.807, 2.05) is 0 Å². The SMILES string of the molecule is COc1ccc(S(=O)(=O)Oc2ccc(NC(C)=O)cc2)cc1OC. The van der Waals surface area contributed by atoms with E-state index in [2.05, 4.69) is 5.32 Å². The van der Waals surface area contributed by atoms with Crippen molar-refractivity contribution in [2.45, 2.75) is 11.8 Å². The molecule has 2 aromatic rings. The van der Waals surface area contributed by atoms with Crippen molar-refractivity contribution in [3.05, 3.63) is 42.5 Å². The highest BCUT2D eigenvalue weighted by Gasteiger charge is 2.19. The number of ether oxygens (including phenoxy) is 2. The number of hydrogen-bond acceptors (Lipinski definition) is 6. The van der Waals surface area contributed by atoms with E-state index in [0.717, 1.165) is 0 Å². The van der Waals surface area contributed by atoms with Crippen molar-refractivity contribution >= 4 is 21.7 Å². The summed E-state index contributed by atoms with van der Waals surface area (Å²) >= 11 is 0. The molecule has 0 bridgehead atoms. The Morgan fingerprint density at radius 3 is 2.12 bits per heavy atom. The van der Waals surface area contributed by atoms with E-state index in [4.69, 9.17) is 13.7 Å². The van der Waals surface area contributed by atoms with Crippen molar-refractivity contribution in [1.29, 1.82) is 0 Å². The first-order chi connectivity index (χ1) is 11.4. The molecule has 0 saturated carbocycles. The summed E-state index contributed by atoms with van der Waals surface area (Å²) in [6.07, 6.45) is 0. The zero-order valence-electron chi connectivity index (χ0n) is 13.4. The molecule has 8 heteroatoms. The Morgan fingerprint density at radius 2 is 1.58 bits per heavy atom. The predicted octanol–water partition coefficient (Wildman–Crippen LogP) is 2.43. The van der Waals surface area contributed by atoms with E-state index in [-0.39, 0.29) is 22.3 Å². The minimum absolute atomic E-state index is 0.0638. The fourth-order valence-corrected chi connectivity index (χ4v) is 2.89. The van der Waals surface area contributed by atoms with Gasteiger partial charge in [-0.2, -0.15) is 8.42 Å². The smallest absolute Gasteiger partial charge is 0.339 e. The van der Waals surface area contributed by atoms with E-state index >= 15 is 0 Å². The fourth-order valence-electron chi connectivity index (χ4n) is 1.94. The van der Waals surface area contributed by atoms with Gasteiger partial charge in [0.1, 0.15) is 10.6 Å². The number of anilines is 1. The van der Waals surface area contributed by atoms with Gasteiger partial charge in [0.25, 0.3) is 0 Å². The molecule has 2 aromatic carbocycles. The zero-order valence-corrected chi connectivity index (χ0v) is 14.2. The Morgan fingerprint density at radius 1 is 0.958 bits per heavy atom. The molecule has 0 aliphatic carbocycles. The molecule has 7 nitrogen and oxygen atoms in total. The highest BCUT2D eigenvalue weighted by atomic mass is 32.2. The van der Waals surface area contributed by atoms with E-state index in [1.54, 1.807) is 12.1 Å². The summed E-state index contributed by atoms with van der Waals surface area (Å²) in [4.78, 5) is 10.9.